The van der Waals surface area contributed by atoms with E-state index in [1.807, 2.05) is 0 Å². The van der Waals surface area contributed by atoms with Gasteiger partial charge in [-0.15, -0.1) is 0 Å². The Balaban J connectivity index is 0. The minimum Gasteiger partial charge on any atom is -0.356 e. The van der Waals surface area contributed by atoms with Crippen molar-refractivity contribution >= 4 is 10.9 Å². The lowest BCUT2D eigenvalue weighted by atomic mass is 11.0. The lowest BCUT2D eigenvalue weighted by molar-refractivity contribution is -0.402. The summed E-state index contributed by atoms with van der Waals surface area (Å²) in [4.78, 5) is 8.25. The predicted molar refractivity (Wildman–Crippen MR) is 44.7 cm³/mol. The van der Waals surface area contributed by atoms with Crippen molar-refractivity contribution in [1.29, 1.82) is 0 Å². The summed E-state index contributed by atoms with van der Waals surface area (Å²) in [6.45, 7) is 4.49. The third-order valence-electron chi connectivity index (χ3n) is 0.986. The van der Waals surface area contributed by atoms with E-state index < -0.39 is 5.09 Å². The molecule has 0 aliphatic rings. The minimum absolute atomic E-state index is 0.716. The van der Waals surface area contributed by atoms with Gasteiger partial charge < -0.3 is 15.3 Å². The normalized spacial score (nSPS) is 8.40. The smallest absolute Gasteiger partial charge is 0.105 e. The van der Waals surface area contributed by atoms with Gasteiger partial charge in [0.15, 0.2) is 0 Å². The summed E-state index contributed by atoms with van der Waals surface area (Å²) in [6, 6.07) is 0. The molecule has 0 amide bonds. The zero-order valence-corrected chi connectivity index (χ0v) is 7.31. The fourth-order valence-electron chi connectivity index (χ4n) is 0.204. The minimum atomic E-state index is -1.75. The van der Waals surface area contributed by atoms with E-state index in [9.17, 15) is 0 Å². The highest BCUT2D eigenvalue weighted by molar-refractivity contribution is 7.96. The molecule has 0 rings (SSSR count). The van der Waals surface area contributed by atoms with Crippen molar-refractivity contribution in [3.8, 4) is 0 Å². The Bertz CT molecular complexity index is 81.0. The van der Waals surface area contributed by atoms with Crippen LogP contribution in [0.15, 0.2) is 0 Å². The summed E-state index contributed by atoms with van der Waals surface area (Å²) >= 11 is 0. The van der Waals surface area contributed by atoms with Crippen molar-refractivity contribution < 1.29 is 5.09 Å². The van der Waals surface area contributed by atoms with E-state index in [4.69, 9.17) is 15.3 Å². The van der Waals surface area contributed by atoms with Gasteiger partial charge in [-0.05, 0) is 24.7 Å². The highest BCUT2D eigenvalue weighted by Gasteiger charge is 1.98. The van der Waals surface area contributed by atoms with E-state index in [1.165, 1.54) is 11.5 Å². The van der Waals surface area contributed by atoms with Crippen LogP contribution in [-0.2, 0) is 10.9 Å². The molecule has 0 aliphatic heterocycles. The molecule has 62 valence electrons. The van der Waals surface area contributed by atoms with E-state index in [0.717, 1.165) is 0 Å². The monoisotopic (exact) mass is 167 g/mol. The number of rotatable bonds is 2. The second-order valence-corrected chi connectivity index (χ2v) is 4.30. The maximum absolute atomic E-state index is 8.25. The van der Waals surface area contributed by atoms with Crippen LogP contribution in [0.4, 0.5) is 0 Å². The van der Waals surface area contributed by atoms with Gasteiger partial charge in [0.05, 0.1) is 11.3 Å². The van der Waals surface area contributed by atoms with Crippen molar-refractivity contribution in [2.45, 2.75) is 13.8 Å². The van der Waals surface area contributed by atoms with Crippen LogP contribution >= 0.6 is 0 Å². The first-order valence-electron chi connectivity index (χ1n) is 2.95. The molecule has 0 aromatic heterocycles. The summed E-state index contributed by atoms with van der Waals surface area (Å²) < 4.78 is 0. The summed E-state index contributed by atoms with van der Waals surface area (Å²) in [6.07, 6.45) is 2.31. The van der Waals surface area contributed by atoms with Crippen LogP contribution in [0.25, 0.3) is 0 Å². The van der Waals surface area contributed by atoms with E-state index in [-0.39, 0.29) is 0 Å². The largest absolute Gasteiger partial charge is 0.356 e. The third kappa shape index (κ3) is 25.7. The Kier molecular flexibility index (Phi) is 10.5. The van der Waals surface area contributed by atoms with Gasteiger partial charge in [-0.1, -0.05) is 0 Å². The first kappa shape index (κ1) is 12.2. The van der Waals surface area contributed by atoms with Gasteiger partial charge in [-0.25, -0.2) is 0 Å². The van der Waals surface area contributed by atoms with Crippen molar-refractivity contribution in [2.75, 3.05) is 17.8 Å². The van der Waals surface area contributed by atoms with E-state index in [0.29, 0.717) is 10.9 Å². The van der Waals surface area contributed by atoms with Crippen LogP contribution in [0.1, 0.15) is 13.8 Å². The van der Waals surface area contributed by atoms with Crippen LogP contribution < -0.4 is 0 Å². The quantitative estimate of drug-likeness (QED) is 0.350. The highest BCUT2D eigenvalue weighted by Crippen LogP contribution is 1.85. The average molecular weight is 167 g/mol. The van der Waals surface area contributed by atoms with Gasteiger partial charge in [-0.2, -0.15) is 0 Å². The summed E-state index contributed by atoms with van der Waals surface area (Å²) in [5.74, 6) is 2.72. The molecular formula is C5H13NO3S. The Hall–Kier alpha value is -0.450. The molecule has 0 atom stereocenters. The number of hydrogen-bond donors (Lipinski definition) is 0. The number of hydrogen-bond acceptors (Lipinski definition) is 3. The van der Waals surface area contributed by atoms with Crippen molar-refractivity contribution in [1.82, 2.24) is 0 Å². The maximum atomic E-state index is 8.25. The fraction of sp³-hybridized carbons (Fsp3) is 1.00. The molecule has 0 heterocycles. The molecule has 0 N–H and O–H groups in total. The van der Waals surface area contributed by atoms with Crippen LogP contribution in [0, 0.1) is 15.3 Å². The Labute approximate surface area is 63.7 Å². The molecule has 0 radical (unpaired) electrons. The first-order valence-corrected chi connectivity index (χ1v) is 4.92. The van der Waals surface area contributed by atoms with E-state index in [1.54, 1.807) is 0 Å². The van der Waals surface area contributed by atoms with Gasteiger partial charge >= 0.3 is 0 Å². The highest BCUT2D eigenvalue weighted by atomic mass is 32.2. The summed E-state index contributed by atoms with van der Waals surface area (Å²) in [7, 11) is 0.716. The van der Waals surface area contributed by atoms with Gasteiger partial charge in [0.1, 0.15) is 11.5 Å². The standard InChI is InChI=1S/C5H13S.NO3/c1-4-6(3)5-2;2-1(3)4/h4-5H2,1-3H3;/q+1;-1. The lowest BCUT2D eigenvalue weighted by Gasteiger charge is -1.89. The molecule has 10 heavy (non-hydrogen) atoms. The molecule has 0 aromatic carbocycles. The van der Waals surface area contributed by atoms with Crippen molar-refractivity contribution in [2.24, 2.45) is 0 Å². The Morgan fingerprint density at radius 2 is 1.50 bits per heavy atom. The molecule has 0 saturated carbocycles. The van der Waals surface area contributed by atoms with Crippen LogP contribution in [0.5, 0.6) is 0 Å². The maximum Gasteiger partial charge on any atom is 0.105 e. The predicted octanol–water partition coefficient (Wildman–Crippen LogP) is 1.04. The molecule has 0 fully saturated rings. The third-order valence-corrected chi connectivity index (χ3v) is 2.96. The van der Waals surface area contributed by atoms with Crippen molar-refractivity contribution in [3.05, 3.63) is 15.3 Å². The lowest BCUT2D eigenvalue weighted by Crippen LogP contribution is -2.02. The summed E-state index contributed by atoms with van der Waals surface area (Å²) in [5, 5.41) is 14.8. The van der Waals surface area contributed by atoms with E-state index >= 15 is 0 Å². The molecule has 5 heteroatoms. The zero-order valence-electron chi connectivity index (χ0n) is 6.49. The molecule has 4 nitrogen and oxygen atoms in total. The van der Waals surface area contributed by atoms with Gasteiger partial charge in [0.25, 0.3) is 0 Å². The molecule has 0 aromatic rings. The Morgan fingerprint density at radius 1 is 1.30 bits per heavy atom. The number of nitrogens with zero attached hydrogens (tertiary/aromatic N) is 1. The van der Waals surface area contributed by atoms with Crippen molar-refractivity contribution in [3.63, 3.8) is 0 Å². The molecular weight excluding hydrogens is 154 g/mol. The molecule has 0 aliphatic carbocycles. The molecule has 0 bridgehead atoms. The summed E-state index contributed by atoms with van der Waals surface area (Å²) in [5.41, 5.74) is 0. The molecule has 0 unspecified atom stereocenters. The Morgan fingerprint density at radius 3 is 1.50 bits per heavy atom. The van der Waals surface area contributed by atoms with Gasteiger partial charge in [-0.3, -0.25) is 0 Å². The topological polar surface area (TPSA) is 66.2 Å². The van der Waals surface area contributed by atoms with E-state index in [2.05, 4.69) is 20.1 Å². The van der Waals surface area contributed by atoms with Crippen LogP contribution in [-0.4, -0.2) is 22.8 Å². The first-order chi connectivity index (χ1) is 4.54. The molecule has 0 saturated heterocycles. The second kappa shape index (κ2) is 8.55. The SMILES string of the molecule is CC[S+](C)CC.O=[N+]([O-])[O-]. The molecule has 0 spiro atoms. The van der Waals surface area contributed by atoms with Crippen LogP contribution in [0.3, 0.4) is 0 Å². The van der Waals surface area contributed by atoms with Crippen LogP contribution in [0.2, 0.25) is 0 Å². The second-order valence-electron chi connectivity index (χ2n) is 1.58. The fourth-order valence-corrected chi connectivity index (χ4v) is 0.612. The van der Waals surface area contributed by atoms with Gasteiger partial charge in [0.2, 0.25) is 0 Å². The van der Waals surface area contributed by atoms with Gasteiger partial charge in [0, 0.05) is 0 Å². The zero-order chi connectivity index (χ0) is 8.57. The average Bonchev–Trinajstić information content (AvgIpc) is 1.85.